The minimum Gasteiger partial charge on any atom is -0.450 e. The summed E-state index contributed by atoms with van der Waals surface area (Å²) >= 11 is 3.52. The van der Waals surface area contributed by atoms with Crippen LogP contribution in [-0.4, -0.2) is 35.8 Å². The van der Waals surface area contributed by atoms with Crippen LogP contribution in [0.3, 0.4) is 0 Å². The van der Waals surface area contributed by atoms with Crippen molar-refractivity contribution >= 4 is 22.0 Å². The number of aliphatic hydroxyl groups is 1. The lowest BCUT2D eigenvalue weighted by Gasteiger charge is -2.47. The molecule has 1 fully saturated rings. The average molecular weight is 414 g/mol. The zero-order chi connectivity index (χ0) is 18.4. The lowest BCUT2D eigenvalue weighted by atomic mass is 9.65. The zero-order valence-electron chi connectivity index (χ0n) is 14.9. The molecule has 0 spiro atoms. The first-order chi connectivity index (χ1) is 11.7. The zero-order valence-corrected chi connectivity index (χ0v) is 16.5. The Morgan fingerprint density at radius 3 is 2.64 bits per heavy atom. The van der Waals surface area contributed by atoms with Gasteiger partial charge in [-0.3, -0.25) is 0 Å². The van der Waals surface area contributed by atoms with Crippen LogP contribution in [0.4, 0.5) is 9.18 Å². The predicted octanol–water partition coefficient (Wildman–Crippen LogP) is 4.23. The number of benzene rings is 1. The minimum atomic E-state index is -1.12. The molecular formula is C19H25BrFNO3. The molecule has 1 amide bonds. The van der Waals surface area contributed by atoms with Crippen LogP contribution >= 0.6 is 15.9 Å². The molecule has 0 bridgehead atoms. The summed E-state index contributed by atoms with van der Waals surface area (Å²) in [6.45, 7) is 7.23. The van der Waals surface area contributed by atoms with E-state index in [1.165, 1.54) is 6.07 Å². The number of hydrogen-bond donors (Lipinski definition) is 1. The number of nitrogens with zero attached hydrogens (tertiary/aromatic N) is 1. The average Bonchev–Trinajstić information content (AvgIpc) is 2.80. The number of hydrogen-bond acceptors (Lipinski definition) is 3. The van der Waals surface area contributed by atoms with E-state index in [-0.39, 0.29) is 17.8 Å². The van der Waals surface area contributed by atoms with E-state index in [0.717, 1.165) is 4.47 Å². The first-order valence-electron chi connectivity index (χ1n) is 8.83. The molecule has 1 atom stereocenters. The molecular weight excluding hydrogens is 389 g/mol. The number of halogens is 2. The van der Waals surface area contributed by atoms with Crippen molar-refractivity contribution in [3.8, 4) is 0 Å². The van der Waals surface area contributed by atoms with Gasteiger partial charge in [0.1, 0.15) is 5.82 Å². The normalized spacial score (nSPS) is 25.8. The molecule has 6 heteroatoms. The Morgan fingerprint density at radius 1 is 1.40 bits per heavy atom. The molecule has 138 valence electrons. The van der Waals surface area contributed by atoms with Crippen LogP contribution in [0, 0.1) is 17.2 Å². The van der Waals surface area contributed by atoms with Gasteiger partial charge in [0.15, 0.2) is 0 Å². The Hall–Kier alpha value is -1.14. The van der Waals surface area contributed by atoms with Crippen LogP contribution in [0.25, 0.3) is 0 Å². The van der Waals surface area contributed by atoms with E-state index in [2.05, 4.69) is 15.9 Å². The highest BCUT2D eigenvalue weighted by molar-refractivity contribution is 9.10. The molecule has 1 aromatic rings. The van der Waals surface area contributed by atoms with E-state index in [9.17, 15) is 14.3 Å². The molecule has 1 unspecified atom stereocenters. The van der Waals surface area contributed by atoms with Crippen molar-refractivity contribution in [3.63, 3.8) is 0 Å². The van der Waals surface area contributed by atoms with Gasteiger partial charge in [-0.1, -0.05) is 29.8 Å². The molecule has 1 aromatic carbocycles. The van der Waals surface area contributed by atoms with Crippen LogP contribution in [0.15, 0.2) is 16.6 Å². The first kappa shape index (κ1) is 18.6. The van der Waals surface area contributed by atoms with Gasteiger partial charge < -0.3 is 14.7 Å². The van der Waals surface area contributed by atoms with E-state index in [1.807, 2.05) is 13.8 Å². The van der Waals surface area contributed by atoms with Crippen LogP contribution in [-0.2, 0) is 16.8 Å². The van der Waals surface area contributed by atoms with E-state index in [0.29, 0.717) is 50.1 Å². The Bertz CT molecular complexity index is 685. The molecule has 3 rings (SSSR count). The third-order valence-electron chi connectivity index (χ3n) is 5.85. The number of likely N-dealkylation sites (tertiary alicyclic amines) is 1. The number of amides is 1. The maximum absolute atomic E-state index is 14.4. The molecule has 0 aromatic heterocycles. The lowest BCUT2D eigenvalue weighted by Crippen LogP contribution is -2.50. The van der Waals surface area contributed by atoms with Crippen molar-refractivity contribution < 1.29 is 19.0 Å². The fraction of sp³-hybridized carbons (Fsp3) is 0.632. The van der Waals surface area contributed by atoms with Crippen LogP contribution in [0.2, 0.25) is 0 Å². The van der Waals surface area contributed by atoms with Gasteiger partial charge in [-0.15, -0.1) is 0 Å². The van der Waals surface area contributed by atoms with Gasteiger partial charge in [0.05, 0.1) is 12.2 Å². The van der Waals surface area contributed by atoms with Gasteiger partial charge in [0, 0.05) is 28.5 Å². The second kappa shape index (κ2) is 6.54. The summed E-state index contributed by atoms with van der Waals surface area (Å²) in [7, 11) is 0. The van der Waals surface area contributed by atoms with E-state index >= 15 is 0 Å². The maximum Gasteiger partial charge on any atom is 0.409 e. The molecule has 4 nitrogen and oxygen atoms in total. The molecule has 1 saturated heterocycles. The van der Waals surface area contributed by atoms with E-state index in [1.54, 1.807) is 17.9 Å². The highest BCUT2D eigenvalue weighted by Gasteiger charge is 2.57. The lowest BCUT2D eigenvalue weighted by molar-refractivity contribution is -0.122. The molecule has 1 aliphatic carbocycles. The molecule has 0 saturated carbocycles. The highest BCUT2D eigenvalue weighted by Crippen LogP contribution is 2.58. The second-order valence-corrected chi connectivity index (χ2v) is 8.52. The number of piperidine rings is 1. The summed E-state index contributed by atoms with van der Waals surface area (Å²) in [4.78, 5) is 13.6. The van der Waals surface area contributed by atoms with Gasteiger partial charge in [0.25, 0.3) is 0 Å². The first-order valence-corrected chi connectivity index (χ1v) is 9.63. The summed E-state index contributed by atoms with van der Waals surface area (Å²) in [5, 5.41) is 11.8. The fourth-order valence-corrected chi connectivity index (χ4v) is 5.22. The predicted molar refractivity (Wildman–Crippen MR) is 96.8 cm³/mol. The van der Waals surface area contributed by atoms with Gasteiger partial charge in [-0.2, -0.15) is 0 Å². The highest BCUT2D eigenvalue weighted by atomic mass is 79.9. The van der Waals surface area contributed by atoms with Crippen molar-refractivity contribution in [2.24, 2.45) is 11.3 Å². The summed E-state index contributed by atoms with van der Waals surface area (Å²) in [5.74, 6) is -0.293. The van der Waals surface area contributed by atoms with Crippen molar-refractivity contribution in [2.45, 2.75) is 45.6 Å². The van der Waals surface area contributed by atoms with Gasteiger partial charge in [0.2, 0.25) is 0 Å². The van der Waals surface area contributed by atoms with Crippen LogP contribution in [0.1, 0.15) is 44.7 Å². The number of fused-ring (bicyclic) bond motifs is 1. The second-order valence-electron chi connectivity index (χ2n) is 7.67. The summed E-state index contributed by atoms with van der Waals surface area (Å²) in [5.41, 5.74) is -0.303. The quantitative estimate of drug-likeness (QED) is 0.788. The van der Waals surface area contributed by atoms with Gasteiger partial charge >= 0.3 is 6.09 Å². The van der Waals surface area contributed by atoms with Crippen molar-refractivity contribution in [1.29, 1.82) is 0 Å². The van der Waals surface area contributed by atoms with Crippen LogP contribution in [0.5, 0.6) is 0 Å². The van der Waals surface area contributed by atoms with Crippen molar-refractivity contribution in [2.75, 3.05) is 19.7 Å². The smallest absolute Gasteiger partial charge is 0.409 e. The Kier molecular flexibility index (Phi) is 4.88. The number of carbonyl (C=O) groups is 1. The topological polar surface area (TPSA) is 49.8 Å². The fourth-order valence-electron chi connectivity index (χ4n) is 4.55. The Morgan fingerprint density at radius 2 is 2.04 bits per heavy atom. The van der Waals surface area contributed by atoms with Gasteiger partial charge in [-0.05, 0) is 49.8 Å². The number of carbonyl (C=O) groups excluding carboxylic acids is 1. The summed E-state index contributed by atoms with van der Waals surface area (Å²) in [6, 6.07) is 3.13. The number of ether oxygens (including phenoxy) is 1. The molecule has 0 radical (unpaired) electrons. The molecule has 25 heavy (non-hydrogen) atoms. The van der Waals surface area contributed by atoms with E-state index < -0.39 is 11.0 Å². The maximum atomic E-state index is 14.4. The minimum absolute atomic E-state index is 0.0347. The summed E-state index contributed by atoms with van der Waals surface area (Å²) < 4.78 is 20.2. The van der Waals surface area contributed by atoms with Gasteiger partial charge in [-0.25, -0.2) is 9.18 Å². The Balaban J connectivity index is 1.90. The monoisotopic (exact) mass is 413 g/mol. The van der Waals surface area contributed by atoms with E-state index in [4.69, 9.17) is 4.74 Å². The number of rotatable bonds is 2. The molecule has 1 heterocycles. The summed E-state index contributed by atoms with van der Waals surface area (Å²) in [6.07, 6.45) is 1.54. The van der Waals surface area contributed by atoms with Crippen molar-refractivity contribution in [1.82, 2.24) is 4.90 Å². The van der Waals surface area contributed by atoms with Crippen molar-refractivity contribution in [3.05, 3.63) is 33.5 Å². The molecule has 2 aliphatic rings. The SMILES string of the molecule is CCOC(=O)N1CCC(C2(O)c3c(Br)ccc(F)c3CC2(C)C)CC1. The van der Waals surface area contributed by atoms with Crippen LogP contribution < -0.4 is 0 Å². The third-order valence-corrected chi connectivity index (χ3v) is 6.51. The third kappa shape index (κ3) is 2.87. The molecule has 1 N–H and O–H groups in total. The molecule has 1 aliphatic heterocycles. The standard InChI is InChI=1S/C19H25BrFNO3/c1-4-25-17(23)22-9-7-12(8-10-22)19(24)16-13(11-18(19,2)3)15(21)6-5-14(16)20/h5-6,12,24H,4,7-11H2,1-3H3. The Labute approximate surface area is 156 Å². The largest absolute Gasteiger partial charge is 0.450 e.